The van der Waals surface area contributed by atoms with Gasteiger partial charge in [0.05, 0.1) is 11.1 Å². The van der Waals surface area contributed by atoms with Gasteiger partial charge in [0.15, 0.2) is 5.76 Å². The third-order valence-corrected chi connectivity index (χ3v) is 5.31. The highest BCUT2D eigenvalue weighted by molar-refractivity contribution is 7.11. The Morgan fingerprint density at radius 2 is 1.93 bits per heavy atom. The molecule has 27 heavy (non-hydrogen) atoms. The van der Waals surface area contributed by atoms with E-state index in [0.29, 0.717) is 27.6 Å². The van der Waals surface area contributed by atoms with Gasteiger partial charge in [-0.1, -0.05) is 11.6 Å². The van der Waals surface area contributed by atoms with Gasteiger partial charge in [-0.05, 0) is 60.3 Å². The maximum atomic E-state index is 12.5. The molecule has 0 amide bonds. The summed E-state index contributed by atoms with van der Waals surface area (Å²) in [5.74, 6) is 0.239. The number of hydrogen-bond donors (Lipinski definition) is 0. The Balaban J connectivity index is 1.56. The first-order valence-electron chi connectivity index (χ1n) is 8.11. The monoisotopic (exact) mass is 396 g/mol. The molecule has 0 fully saturated rings. The average molecular weight is 397 g/mol. The number of halogens is 1. The van der Waals surface area contributed by atoms with Crippen LogP contribution in [0.2, 0.25) is 5.02 Å². The fourth-order valence-electron chi connectivity index (χ4n) is 2.63. The van der Waals surface area contributed by atoms with E-state index < -0.39 is 5.97 Å². The first kappa shape index (κ1) is 17.5. The number of aryl methyl sites for hydroxylation is 1. The molecule has 1 aromatic heterocycles. The lowest BCUT2D eigenvalue weighted by Gasteiger charge is -2.05. The van der Waals surface area contributed by atoms with Crippen LogP contribution < -0.4 is 9.47 Å². The molecule has 2 heterocycles. The molecule has 4 nitrogen and oxygen atoms in total. The van der Waals surface area contributed by atoms with Crippen LogP contribution in [0.3, 0.4) is 0 Å². The largest absolute Gasteiger partial charge is 0.452 e. The third-order valence-electron chi connectivity index (χ3n) is 4.10. The van der Waals surface area contributed by atoms with E-state index >= 15 is 0 Å². The van der Waals surface area contributed by atoms with Gasteiger partial charge >= 0.3 is 5.97 Å². The van der Waals surface area contributed by atoms with Crippen LogP contribution in [0.15, 0.2) is 59.7 Å². The number of ether oxygens (including phenoxy) is 2. The zero-order valence-electron chi connectivity index (χ0n) is 14.2. The van der Waals surface area contributed by atoms with Crippen molar-refractivity contribution < 1.29 is 19.1 Å². The van der Waals surface area contributed by atoms with Crippen LogP contribution in [0.25, 0.3) is 6.08 Å². The number of rotatable bonds is 3. The number of hydrogen-bond acceptors (Lipinski definition) is 5. The van der Waals surface area contributed by atoms with E-state index in [9.17, 15) is 9.59 Å². The van der Waals surface area contributed by atoms with E-state index in [1.807, 2.05) is 18.4 Å². The molecule has 0 aliphatic carbocycles. The molecule has 3 aromatic rings. The summed E-state index contributed by atoms with van der Waals surface area (Å²) in [5.41, 5.74) is 1.91. The van der Waals surface area contributed by atoms with Crippen molar-refractivity contribution in [1.29, 1.82) is 0 Å². The molecule has 1 aliphatic heterocycles. The first-order chi connectivity index (χ1) is 13.0. The summed E-state index contributed by atoms with van der Waals surface area (Å²) < 4.78 is 11.1. The van der Waals surface area contributed by atoms with Crippen molar-refractivity contribution in [1.82, 2.24) is 0 Å². The highest BCUT2D eigenvalue weighted by Crippen LogP contribution is 2.35. The van der Waals surface area contributed by atoms with Crippen molar-refractivity contribution in [3.8, 4) is 11.5 Å². The lowest BCUT2D eigenvalue weighted by Crippen LogP contribution is -2.08. The molecule has 0 spiro atoms. The Kier molecular flexibility index (Phi) is 4.56. The van der Waals surface area contributed by atoms with Gasteiger partial charge in [-0.3, -0.25) is 4.79 Å². The van der Waals surface area contributed by atoms with Crippen LogP contribution in [0, 0.1) is 6.92 Å². The summed E-state index contributed by atoms with van der Waals surface area (Å²) >= 11 is 7.36. The Morgan fingerprint density at radius 3 is 2.63 bits per heavy atom. The molecular weight excluding hydrogens is 384 g/mol. The minimum absolute atomic E-state index is 0.187. The molecule has 0 saturated carbocycles. The first-order valence-corrected chi connectivity index (χ1v) is 9.37. The van der Waals surface area contributed by atoms with Gasteiger partial charge in [0, 0.05) is 22.0 Å². The smallest absolute Gasteiger partial charge is 0.343 e. The zero-order chi connectivity index (χ0) is 19.0. The number of carbonyl (C=O) groups excluding carboxylic acids is 2. The number of Topliss-reactive ketones (excluding diaryl/α,β-unsaturated/α-hetero) is 1. The summed E-state index contributed by atoms with van der Waals surface area (Å²) in [4.78, 5) is 25.7. The zero-order valence-corrected chi connectivity index (χ0v) is 15.8. The van der Waals surface area contributed by atoms with E-state index in [-0.39, 0.29) is 11.5 Å². The maximum Gasteiger partial charge on any atom is 0.343 e. The van der Waals surface area contributed by atoms with Crippen molar-refractivity contribution in [3.05, 3.63) is 86.3 Å². The number of carbonyl (C=O) groups is 2. The molecule has 0 unspecified atom stereocenters. The maximum absolute atomic E-state index is 12.5. The fourth-order valence-corrected chi connectivity index (χ4v) is 3.61. The number of esters is 1. The quantitative estimate of drug-likeness (QED) is 0.331. The Hall–Kier alpha value is -2.89. The van der Waals surface area contributed by atoms with Crippen molar-refractivity contribution in [3.63, 3.8) is 0 Å². The summed E-state index contributed by atoms with van der Waals surface area (Å²) in [6.45, 7) is 1.98. The Morgan fingerprint density at radius 1 is 1.15 bits per heavy atom. The molecule has 0 radical (unpaired) electrons. The Bertz CT molecular complexity index is 1080. The van der Waals surface area contributed by atoms with Gasteiger partial charge in [-0.15, -0.1) is 11.3 Å². The van der Waals surface area contributed by atoms with Crippen LogP contribution >= 0.6 is 22.9 Å². The highest BCUT2D eigenvalue weighted by Gasteiger charge is 2.28. The molecule has 134 valence electrons. The highest BCUT2D eigenvalue weighted by atomic mass is 35.5. The number of thiophene rings is 1. The molecule has 0 atom stereocenters. The Labute approximate surface area is 164 Å². The lowest BCUT2D eigenvalue weighted by molar-refractivity contribution is 0.0734. The van der Waals surface area contributed by atoms with Crippen molar-refractivity contribution in [2.24, 2.45) is 0 Å². The molecule has 0 bridgehead atoms. The van der Waals surface area contributed by atoms with Crippen LogP contribution in [0.1, 0.15) is 31.2 Å². The molecule has 1 aliphatic rings. The average Bonchev–Trinajstić information content (AvgIpc) is 3.19. The van der Waals surface area contributed by atoms with Crippen molar-refractivity contribution in [2.75, 3.05) is 0 Å². The topological polar surface area (TPSA) is 52.6 Å². The molecule has 6 heteroatoms. The van der Waals surface area contributed by atoms with Gasteiger partial charge in [0.1, 0.15) is 11.5 Å². The van der Waals surface area contributed by atoms with Crippen molar-refractivity contribution >= 4 is 40.8 Å². The van der Waals surface area contributed by atoms with Crippen LogP contribution in [0.5, 0.6) is 11.5 Å². The fraction of sp³-hybridized carbons (Fsp3) is 0.0476. The minimum Gasteiger partial charge on any atom is -0.452 e. The van der Waals surface area contributed by atoms with Crippen LogP contribution in [0.4, 0.5) is 0 Å². The summed E-state index contributed by atoms with van der Waals surface area (Å²) in [5, 5.41) is 2.50. The van der Waals surface area contributed by atoms with Gasteiger partial charge < -0.3 is 9.47 Å². The molecule has 2 aromatic carbocycles. The third kappa shape index (κ3) is 3.52. The van der Waals surface area contributed by atoms with E-state index in [2.05, 4.69) is 0 Å². The van der Waals surface area contributed by atoms with E-state index in [1.54, 1.807) is 48.5 Å². The number of ketones is 1. The summed E-state index contributed by atoms with van der Waals surface area (Å²) in [6, 6.07) is 13.1. The van der Waals surface area contributed by atoms with Crippen LogP contribution in [-0.2, 0) is 0 Å². The van der Waals surface area contributed by atoms with Crippen LogP contribution in [-0.4, -0.2) is 11.8 Å². The number of allylic oxidation sites excluding steroid dienone is 1. The van der Waals surface area contributed by atoms with Gasteiger partial charge in [-0.2, -0.15) is 0 Å². The standard InChI is InChI=1S/C21H13ClO4S/c1-12-8-9-27-19(12)11-18-20(23)16-7-6-15(10-17(16)26-18)25-21(24)13-2-4-14(22)5-3-13/h2-11H,1H3. The minimum atomic E-state index is -0.513. The van der Waals surface area contributed by atoms with E-state index in [0.717, 1.165) is 10.4 Å². The molecule has 0 saturated heterocycles. The van der Waals surface area contributed by atoms with Crippen molar-refractivity contribution in [2.45, 2.75) is 6.92 Å². The van der Waals surface area contributed by atoms with E-state index in [4.69, 9.17) is 21.1 Å². The van der Waals surface area contributed by atoms with Gasteiger partial charge in [-0.25, -0.2) is 4.79 Å². The van der Waals surface area contributed by atoms with E-state index in [1.165, 1.54) is 11.3 Å². The second kappa shape index (κ2) is 7.02. The second-order valence-electron chi connectivity index (χ2n) is 5.96. The van der Waals surface area contributed by atoms with Gasteiger partial charge in [0.25, 0.3) is 0 Å². The predicted molar refractivity (Wildman–Crippen MR) is 105 cm³/mol. The van der Waals surface area contributed by atoms with Gasteiger partial charge in [0.2, 0.25) is 5.78 Å². The number of fused-ring (bicyclic) bond motifs is 1. The lowest BCUT2D eigenvalue weighted by atomic mass is 10.1. The molecule has 4 rings (SSSR count). The summed E-state index contributed by atoms with van der Waals surface area (Å²) in [7, 11) is 0. The molecule has 0 N–H and O–H groups in total. The second-order valence-corrected chi connectivity index (χ2v) is 7.35. The predicted octanol–water partition coefficient (Wildman–Crippen LogP) is 5.55. The molecular formula is C21H13ClO4S. The number of benzene rings is 2. The normalized spacial score (nSPS) is 14.1. The SMILES string of the molecule is Cc1ccsc1C=C1Oc2cc(OC(=O)c3ccc(Cl)cc3)ccc2C1=O. The summed E-state index contributed by atoms with van der Waals surface area (Å²) in [6.07, 6.45) is 1.74.